The number of aldehydes is 1. The Kier molecular flexibility index (Phi) is 3.64. The lowest BCUT2D eigenvalue weighted by Crippen LogP contribution is -2.02. The van der Waals surface area contributed by atoms with Crippen molar-refractivity contribution in [2.45, 2.75) is 13.3 Å². The largest absolute Gasteiger partial charge is 0.493 e. The summed E-state index contributed by atoms with van der Waals surface area (Å²) in [5.74, 6) is 1.54. The fraction of sp³-hybridized carbons (Fsp3) is 0.188. The zero-order valence-corrected chi connectivity index (χ0v) is 11.7. The van der Waals surface area contributed by atoms with Gasteiger partial charge in [-0.3, -0.25) is 4.79 Å². The predicted octanol–water partition coefficient (Wildman–Crippen LogP) is 2.47. The number of ether oxygens (including phenoxy) is 1. The number of hydrogen-bond acceptors (Lipinski definition) is 4. The lowest BCUT2D eigenvalue weighted by molar-refractivity contribution is 0.112. The molecule has 106 valence electrons. The van der Waals surface area contributed by atoms with Crippen LogP contribution in [-0.4, -0.2) is 27.5 Å². The van der Waals surface area contributed by atoms with E-state index in [9.17, 15) is 4.79 Å². The SMILES string of the molecule is Cc1cc(C=O)cn2nc(CCOc3ccccc3)nc12. The highest BCUT2D eigenvalue weighted by Gasteiger charge is 2.07. The smallest absolute Gasteiger partial charge is 0.158 e. The number of pyridine rings is 1. The summed E-state index contributed by atoms with van der Waals surface area (Å²) < 4.78 is 7.29. The first kappa shape index (κ1) is 13.3. The van der Waals surface area contributed by atoms with Gasteiger partial charge in [-0.15, -0.1) is 0 Å². The predicted molar refractivity (Wildman–Crippen MR) is 78.8 cm³/mol. The Hall–Kier alpha value is -2.69. The van der Waals surface area contributed by atoms with E-state index in [1.54, 1.807) is 16.8 Å². The second kappa shape index (κ2) is 5.75. The lowest BCUT2D eigenvalue weighted by Gasteiger charge is -2.03. The number of benzene rings is 1. The Morgan fingerprint density at radius 1 is 1.29 bits per heavy atom. The maximum absolute atomic E-state index is 10.9. The number of aromatic nitrogens is 3. The van der Waals surface area contributed by atoms with Gasteiger partial charge >= 0.3 is 0 Å². The van der Waals surface area contributed by atoms with Crippen molar-refractivity contribution in [3.63, 3.8) is 0 Å². The first-order chi connectivity index (χ1) is 10.3. The highest BCUT2D eigenvalue weighted by molar-refractivity contribution is 5.75. The Morgan fingerprint density at radius 2 is 2.10 bits per heavy atom. The number of carbonyl (C=O) groups is 1. The third-order valence-corrected chi connectivity index (χ3v) is 3.16. The molecule has 5 nitrogen and oxygen atoms in total. The number of nitrogens with zero attached hydrogens (tertiary/aromatic N) is 3. The second-order valence-corrected chi connectivity index (χ2v) is 4.78. The van der Waals surface area contributed by atoms with Crippen molar-refractivity contribution in [1.82, 2.24) is 14.6 Å². The van der Waals surface area contributed by atoms with Crippen LogP contribution in [0.1, 0.15) is 21.7 Å². The van der Waals surface area contributed by atoms with Crippen molar-refractivity contribution in [3.05, 3.63) is 59.5 Å². The van der Waals surface area contributed by atoms with Crippen molar-refractivity contribution in [2.75, 3.05) is 6.61 Å². The molecule has 3 rings (SSSR count). The number of rotatable bonds is 5. The van der Waals surface area contributed by atoms with Crippen LogP contribution in [0.2, 0.25) is 0 Å². The van der Waals surface area contributed by atoms with E-state index in [0.717, 1.165) is 23.2 Å². The summed E-state index contributed by atoms with van der Waals surface area (Å²) in [7, 11) is 0. The topological polar surface area (TPSA) is 56.5 Å². The molecule has 0 aliphatic rings. The summed E-state index contributed by atoms with van der Waals surface area (Å²) in [5, 5.41) is 4.38. The number of fused-ring (bicyclic) bond motifs is 1. The highest BCUT2D eigenvalue weighted by Crippen LogP contribution is 2.12. The number of hydrogen-bond donors (Lipinski definition) is 0. The van der Waals surface area contributed by atoms with E-state index in [-0.39, 0.29) is 0 Å². The zero-order chi connectivity index (χ0) is 14.7. The van der Waals surface area contributed by atoms with Gasteiger partial charge < -0.3 is 4.74 Å². The van der Waals surface area contributed by atoms with Crippen LogP contribution in [0, 0.1) is 6.92 Å². The van der Waals surface area contributed by atoms with Gasteiger partial charge in [0.05, 0.1) is 6.61 Å². The molecule has 0 atom stereocenters. The molecule has 0 fully saturated rings. The van der Waals surface area contributed by atoms with Gasteiger partial charge in [0.15, 0.2) is 17.8 Å². The number of carbonyl (C=O) groups excluding carboxylic acids is 1. The molecule has 2 aromatic heterocycles. The average Bonchev–Trinajstić information content (AvgIpc) is 2.91. The van der Waals surface area contributed by atoms with E-state index in [1.165, 1.54) is 0 Å². The Balaban J connectivity index is 1.73. The quantitative estimate of drug-likeness (QED) is 0.674. The molecule has 0 radical (unpaired) electrons. The minimum atomic E-state index is 0.514. The van der Waals surface area contributed by atoms with E-state index in [1.807, 2.05) is 37.3 Å². The van der Waals surface area contributed by atoms with Gasteiger partial charge in [-0.2, -0.15) is 5.10 Å². The van der Waals surface area contributed by atoms with Crippen LogP contribution in [-0.2, 0) is 6.42 Å². The van der Waals surface area contributed by atoms with Crippen LogP contribution in [0.4, 0.5) is 0 Å². The summed E-state index contributed by atoms with van der Waals surface area (Å²) >= 11 is 0. The van der Waals surface area contributed by atoms with Crippen molar-refractivity contribution in [1.29, 1.82) is 0 Å². The number of para-hydroxylation sites is 1. The van der Waals surface area contributed by atoms with Crippen molar-refractivity contribution in [2.24, 2.45) is 0 Å². The minimum Gasteiger partial charge on any atom is -0.493 e. The maximum atomic E-state index is 10.9. The summed E-state index contributed by atoms with van der Waals surface area (Å²) in [5.41, 5.74) is 2.30. The highest BCUT2D eigenvalue weighted by atomic mass is 16.5. The van der Waals surface area contributed by atoms with Crippen LogP contribution >= 0.6 is 0 Å². The second-order valence-electron chi connectivity index (χ2n) is 4.78. The van der Waals surface area contributed by atoms with E-state index in [4.69, 9.17) is 4.74 Å². The van der Waals surface area contributed by atoms with Crippen molar-refractivity contribution in [3.8, 4) is 5.75 Å². The van der Waals surface area contributed by atoms with E-state index >= 15 is 0 Å². The monoisotopic (exact) mass is 281 g/mol. The molecule has 0 saturated heterocycles. The third-order valence-electron chi connectivity index (χ3n) is 3.16. The molecule has 2 heterocycles. The van der Waals surface area contributed by atoms with Crippen LogP contribution < -0.4 is 4.74 Å². The van der Waals surface area contributed by atoms with Gasteiger partial charge in [-0.05, 0) is 30.7 Å². The Bertz CT molecular complexity index is 766. The van der Waals surface area contributed by atoms with Crippen molar-refractivity contribution >= 4 is 11.9 Å². The van der Waals surface area contributed by atoms with Gasteiger partial charge in [0.2, 0.25) is 0 Å². The molecule has 0 unspecified atom stereocenters. The van der Waals surface area contributed by atoms with Gasteiger partial charge in [-0.25, -0.2) is 9.50 Å². The van der Waals surface area contributed by atoms with Crippen LogP contribution in [0.5, 0.6) is 5.75 Å². The molecule has 0 amide bonds. The summed E-state index contributed by atoms with van der Waals surface area (Å²) in [6, 6.07) is 11.5. The molecule has 21 heavy (non-hydrogen) atoms. The maximum Gasteiger partial charge on any atom is 0.158 e. The van der Waals surface area contributed by atoms with Crippen LogP contribution in [0.15, 0.2) is 42.6 Å². The van der Waals surface area contributed by atoms with E-state index in [2.05, 4.69) is 10.1 Å². The zero-order valence-electron chi connectivity index (χ0n) is 11.7. The fourth-order valence-corrected chi connectivity index (χ4v) is 2.17. The van der Waals surface area contributed by atoms with E-state index in [0.29, 0.717) is 24.4 Å². The third kappa shape index (κ3) is 2.91. The number of aryl methyl sites for hydroxylation is 1. The normalized spacial score (nSPS) is 10.7. The summed E-state index contributed by atoms with van der Waals surface area (Å²) in [4.78, 5) is 15.3. The van der Waals surface area contributed by atoms with Crippen LogP contribution in [0.25, 0.3) is 5.65 Å². The van der Waals surface area contributed by atoms with Gasteiger partial charge in [-0.1, -0.05) is 18.2 Å². The Labute approximate surface area is 122 Å². The van der Waals surface area contributed by atoms with Gasteiger partial charge in [0, 0.05) is 18.2 Å². The van der Waals surface area contributed by atoms with E-state index < -0.39 is 0 Å². The standard InChI is InChI=1S/C16H15N3O2/c1-12-9-13(11-20)10-19-16(12)17-15(18-19)7-8-21-14-5-3-2-4-6-14/h2-6,9-11H,7-8H2,1H3. The van der Waals surface area contributed by atoms with Crippen LogP contribution in [0.3, 0.4) is 0 Å². The van der Waals surface area contributed by atoms with Crippen molar-refractivity contribution < 1.29 is 9.53 Å². The molecule has 5 heteroatoms. The summed E-state index contributed by atoms with van der Waals surface area (Å²) in [6.45, 7) is 2.43. The molecule has 0 aliphatic heterocycles. The summed E-state index contributed by atoms with van der Waals surface area (Å²) in [6.07, 6.45) is 3.11. The molecule has 3 aromatic rings. The lowest BCUT2D eigenvalue weighted by atomic mass is 10.2. The average molecular weight is 281 g/mol. The van der Waals surface area contributed by atoms with Gasteiger partial charge in [0.1, 0.15) is 5.75 Å². The first-order valence-electron chi connectivity index (χ1n) is 6.75. The molecule has 0 saturated carbocycles. The molecule has 0 aliphatic carbocycles. The van der Waals surface area contributed by atoms with Gasteiger partial charge in [0.25, 0.3) is 0 Å². The first-order valence-corrected chi connectivity index (χ1v) is 6.75. The Morgan fingerprint density at radius 3 is 2.86 bits per heavy atom. The molecular weight excluding hydrogens is 266 g/mol. The molecule has 0 spiro atoms. The minimum absolute atomic E-state index is 0.514. The fourth-order valence-electron chi connectivity index (χ4n) is 2.17. The molecule has 1 aromatic carbocycles. The molecule has 0 bridgehead atoms. The molecule has 0 N–H and O–H groups in total. The molecular formula is C16H15N3O2.